The van der Waals surface area contributed by atoms with Gasteiger partial charge in [0.2, 0.25) is 0 Å². The first kappa shape index (κ1) is 16.6. The lowest BCUT2D eigenvalue weighted by Gasteiger charge is -2.54. The van der Waals surface area contributed by atoms with Gasteiger partial charge in [0.1, 0.15) is 5.75 Å². The monoisotopic (exact) mass is 305 g/mol. The summed E-state index contributed by atoms with van der Waals surface area (Å²) in [4.78, 5) is 14.8. The number of urea groups is 1. The van der Waals surface area contributed by atoms with Gasteiger partial charge in [-0.2, -0.15) is 0 Å². The van der Waals surface area contributed by atoms with Crippen molar-refractivity contribution in [3.05, 3.63) is 24.3 Å². The summed E-state index contributed by atoms with van der Waals surface area (Å²) >= 11 is 0. The van der Waals surface area contributed by atoms with Gasteiger partial charge in [-0.05, 0) is 52.7 Å². The summed E-state index contributed by atoms with van der Waals surface area (Å²) in [6.45, 7) is 8.27. The van der Waals surface area contributed by atoms with Gasteiger partial charge in [0, 0.05) is 28.9 Å². The molecule has 0 bridgehead atoms. The van der Waals surface area contributed by atoms with Crippen LogP contribution in [0.25, 0.3) is 0 Å². The molecular formula is C17H27N3O2. The van der Waals surface area contributed by atoms with E-state index >= 15 is 0 Å². The average Bonchev–Trinajstić information content (AvgIpc) is 2.34. The van der Waals surface area contributed by atoms with Crippen molar-refractivity contribution in [1.29, 1.82) is 0 Å². The number of ether oxygens (including phenoxy) is 1. The topological polar surface area (TPSA) is 67.6 Å². The van der Waals surface area contributed by atoms with Crippen molar-refractivity contribution in [3.8, 4) is 5.75 Å². The summed E-state index contributed by atoms with van der Waals surface area (Å²) in [6, 6.07) is 7.39. The van der Waals surface area contributed by atoms with Gasteiger partial charge in [-0.25, -0.2) is 4.79 Å². The van der Waals surface area contributed by atoms with Crippen molar-refractivity contribution in [1.82, 2.24) is 4.90 Å². The number of piperidine rings is 1. The Hall–Kier alpha value is -1.75. The van der Waals surface area contributed by atoms with Gasteiger partial charge in [0.05, 0.1) is 7.11 Å². The van der Waals surface area contributed by atoms with E-state index in [0.29, 0.717) is 0 Å². The number of hydrogen-bond donors (Lipinski definition) is 2. The Morgan fingerprint density at radius 1 is 1.27 bits per heavy atom. The number of hydrogen-bond acceptors (Lipinski definition) is 3. The lowest BCUT2D eigenvalue weighted by Crippen LogP contribution is -2.66. The molecule has 0 spiro atoms. The first-order valence-electron chi connectivity index (χ1n) is 7.67. The van der Waals surface area contributed by atoms with Gasteiger partial charge in [-0.1, -0.05) is 6.07 Å². The molecule has 5 nitrogen and oxygen atoms in total. The Bertz CT molecular complexity index is 537. The van der Waals surface area contributed by atoms with Gasteiger partial charge in [-0.15, -0.1) is 0 Å². The van der Waals surface area contributed by atoms with Crippen molar-refractivity contribution in [2.75, 3.05) is 12.4 Å². The maximum atomic E-state index is 12.8. The van der Waals surface area contributed by atoms with Crippen molar-refractivity contribution < 1.29 is 9.53 Å². The van der Waals surface area contributed by atoms with Crippen LogP contribution < -0.4 is 15.8 Å². The van der Waals surface area contributed by atoms with Crippen molar-refractivity contribution >= 4 is 11.7 Å². The van der Waals surface area contributed by atoms with Crippen LogP contribution in [0.1, 0.15) is 40.5 Å². The predicted octanol–water partition coefficient (Wildman–Crippen LogP) is 3.21. The molecule has 2 amide bonds. The highest BCUT2D eigenvalue weighted by Crippen LogP contribution is 2.38. The van der Waals surface area contributed by atoms with Crippen LogP contribution in [0.3, 0.4) is 0 Å². The van der Waals surface area contributed by atoms with Gasteiger partial charge in [0.15, 0.2) is 0 Å². The second-order valence-corrected chi connectivity index (χ2v) is 7.29. The molecule has 1 aromatic carbocycles. The molecule has 5 heteroatoms. The molecule has 22 heavy (non-hydrogen) atoms. The summed E-state index contributed by atoms with van der Waals surface area (Å²) in [6.07, 6.45) is 1.59. The Morgan fingerprint density at radius 2 is 1.86 bits per heavy atom. The van der Waals surface area contributed by atoms with Crippen LogP contribution in [0.15, 0.2) is 24.3 Å². The minimum absolute atomic E-state index is 0.102. The van der Waals surface area contributed by atoms with E-state index in [1.807, 2.05) is 29.2 Å². The van der Waals surface area contributed by atoms with E-state index in [1.165, 1.54) is 0 Å². The number of anilines is 1. The number of likely N-dealkylation sites (tertiary alicyclic amines) is 1. The first-order valence-corrected chi connectivity index (χ1v) is 7.67. The van der Waals surface area contributed by atoms with Crippen LogP contribution in [0.4, 0.5) is 10.5 Å². The van der Waals surface area contributed by atoms with Crippen LogP contribution >= 0.6 is 0 Å². The fourth-order valence-corrected chi connectivity index (χ4v) is 3.79. The summed E-state index contributed by atoms with van der Waals surface area (Å²) in [5, 5.41) is 2.98. The van der Waals surface area contributed by atoms with Crippen LogP contribution in [0.2, 0.25) is 0 Å². The molecule has 0 atom stereocenters. The predicted molar refractivity (Wildman–Crippen MR) is 89.2 cm³/mol. The summed E-state index contributed by atoms with van der Waals surface area (Å²) in [7, 11) is 1.61. The van der Waals surface area contributed by atoms with Crippen LogP contribution in [0.5, 0.6) is 5.75 Å². The molecule has 1 aliphatic heterocycles. The molecule has 0 aliphatic carbocycles. The van der Waals surface area contributed by atoms with Crippen molar-refractivity contribution in [3.63, 3.8) is 0 Å². The largest absolute Gasteiger partial charge is 0.497 e. The number of carbonyl (C=O) groups excluding carboxylic acids is 1. The Kier molecular flexibility index (Phi) is 4.38. The lowest BCUT2D eigenvalue weighted by molar-refractivity contribution is 0.00877. The summed E-state index contributed by atoms with van der Waals surface area (Å²) < 4.78 is 5.20. The normalized spacial score (nSPS) is 20.5. The Balaban J connectivity index is 2.23. The minimum Gasteiger partial charge on any atom is -0.497 e. The highest BCUT2D eigenvalue weighted by molar-refractivity contribution is 5.90. The van der Waals surface area contributed by atoms with E-state index in [-0.39, 0.29) is 23.2 Å². The number of nitrogens with one attached hydrogen (secondary N) is 1. The number of rotatable bonds is 2. The van der Waals surface area contributed by atoms with Crippen LogP contribution in [-0.4, -0.2) is 35.2 Å². The average molecular weight is 305 g/mol. The molecule has 2 rings (SSSR count). The molecule has 1 aromatic rings. The highest BCUT2D eigenvalue weighted by atomic mass is 16.5. The molecule has 122 valence electrons. The van der Waals surface area contributed by atoms with E-state index in [2.05, 4.69) is 33.0 Å². The molecule has 0 radical (unpaired) electrons. The van der Waals surface area contributed by atoms with E-state index in [1.54, 1.807) is 7.11 Å². The maximum absolute atomic E-state index is 12.8. The molecular weight excluding hydrogens is 278 g/mol. The third-order valence-electron chi connectivity index (χ3n) is 4.26. The number of amides is 2. The Labute approximate surface area is 132 Å². The lowest BCUT2D eigenvalue weighted by atomic mass is 9.77. The van der Waals surface area contributed by atoms with E-state index in [0.717, 1.165) is 24.3 Å². The number of nitrogens with zero attached hydrogens (tertiary/aromatic N) is 1. The molecule has 0 aromatic heterocycles. The fraction of sp³-hybridized carbons (Fsp3) is 0.588. The number of benzene rings is 1. The zero-order valence-corrected chi connectivity index (χ0v) is 14.1. The quantitative estimate of drug-likeness (QED) is 0.881. The molecule has 1 aliphatic rings. The maximum Gasteiger partial charge on any atom is 0.322 e. The van der Waals surface area contributed by atoms with Gasteiger partial charge < -0.3 is 20.7 Å². The zero-order valence-electron chi connectivity index (χ0n) is 14.1. The molecule has 1 saturated heterocycles. The van der Waals surface area contributed by atoms with Gasteiger partial charge in [0.25, 0.3) is 0 Å². The second-order valence-electron chi connectivity index (χ2n) is 7.29. The second kappa shape index (κ2) is 5.80. The third kappa shape index (κ3) is 3.35. The number of carbonyl (C=O) groups is 1. The molecule has 3 N–H and O–H groups in total. The van der Waals surface area contributed by atoms with Crippen LogP contribution in [-0.2, 0) is 0 Å². The van der Waals surface area contributed by atoms with Crippen molar-refractivity contribution in [2.24, 2.45) is 5.73 Å². The molecule has 1 fully saturated rings. The summed E-state index contributed by atoms with van der Waals surface area (Å²) in [5.74, 6) is 0.719. The molecule has 0 saturated carbocycles. The highest BCUT2D eigenvalue weighted by Gasteiger charge is 2.46. The number of methoxy groups -OCH3 is 1. The van der Waals surface area contributed by atoms with Gasteiger partial charge in [-0.3, -0.25) is 0 Å². The smallest absolute Gasteiger partial charge is 0.322 e. The van der Waals surface area contributed by atoms with E-state index in [4.69, 9.17) is 10.5 Å². The van der Waals surface area contributed by atoms with Gasteiger partial charge >= 0.3 is 6.03 Å². The Morgan fingerprint density at radius 3 is 2.41 bits per heavy atom. The van der Waals surface area contributed by atoms with Crippen LogP contribution in [0, 0.1) is 0 Å². The number of nitrogens with two attached hydrogens (primary N) is 1. The standard InChI is InChI=1S/C17H27N3O2/c1-16(2)10-12(18)11-17(3,4)20(16)15(21)19-13-7-6-8-14(9-13)22-5/h6-9,12H,10-11,18H2,1-5H3,(H,19,21). The summed E-state index contributed by atoms with van der Waals surface area (Å²) in [5.41, 5.74) is 6.32. The zero-order chi connectivity index (χ0) is 16.5. The molecule has 1 heterocycles. The fourth-order valence-electron chi connectivity index (χ4n) is 3.79. The molecule has 0 unspecified atom stereocenters. The first-order chi connectivity index (χ1) is 10.2. The van der Waals surface area contributed by atoms with E-state index < -0.39 is 0 Å². The minimum atomic E-state index is -0.288. The third-order valence-corrected chi connectivity index (χ3v) is 4.26. The van der Waals surface area contributed by atoms with Crippen molar-refractivity contribution in [2.45, 2.75) is 57.7 Å². The van der Waals surface area contributed by atoms with E-state index in [9.17, 15) is 4.79 Å². The SMILES string of the molecule is COc1cccc(NC(=O)N2C(C)(C)CC(N)CC2(C)C)c1.